The Morgan fingerprint density at radius 1 is 1.11 bits per heavy atom. The minimum absolute atomic E-state index is 0.00783. The molecule has 28 heavy (non-hydrogen) atoms. The minimum atomic E-state index is -0.849. The fourth-order valence-electron chi connectivity index (χ4n) is 2.84. The lowest BCUT2D eigenvalue weighted by Gasteiger charge is -2.27. The minimum Gasteiger partial charge on any atom is -0.347 e. The number of urea groups is 1. The van der Waals surface area contributed by atoms with Crippen molar-refractivity contribution in [3.8, 4) is 0 Å². The number of carbonyl (C=O) groups is 1. The van der Waals surface area contributed by atoms with Gasteiger partial charge in [0.2, 0.25) is 11.9 Å². The van der Waals surface area contributed by atoms with Gasteiger partial charge in [-0.05, 0) is 31.4 Å². The molecule has 0 aliphatic carbocycles. The zero-order valence-corrected chi connectivity index (χ0v) is 15.9. The number of nitrogens with one attached hydrogen (secondary N) is 2. The molecule has 2 heterocycles. The van der Waals surface area contributed by atoms with E-state index in [-0.39, 0.29) is 6.54 Å². The van der Waals surface area contributed by atoms with Crippen molar-refractivity contribution in [2.24, 2.45) is 0 Å². The van der Waals surface area contributed by atoms with Crippen molar-refractivity contribution in [1.29, 1.82) is 0 Å². The molecule has 10 heteroatoms. The predicted octanol–water partition coefficient (Wildman–Crippen LogP) is 2.53. The number of rotatable bonds is 5. The third kappa shape index (κ3) is 4.81. The Labute approximate surface area is 162 Å². The maximum Gasteiger partial charge on any atom is 0.319 e. The van der Waals surface area contributed by atoms with Gasteiger partial charge in [0.25, 0.3) is 0 Å². The zero-order chi connectivity index (χ0) is 20.1. The van der Waals surface area contributed by atoms with E-state index < -0.39 is 23.4 Å². The van der Waals surface area contributed by atoms with Gasteiger partial charge in [-0.15, -0.1) is 0 Å². The normalized spacial score (nSPS) is 13.9. The van der Waals surface area contributed by atoms with E-state index in [0.717, 1.165) is 38.1 Å². The average Bonchev–Trinajstić information content (AvgIpc) is 2.70. The van der Waals surface area contributed by atoms with Gasteiger partial charge in [-0.1, -0.05) is 6.07 Å². The van der Waals surface area contributed by atoms with Gasteiger partial charge in [-0.2, -0.15) is 15.0 Å². The van der Waals surface area contributed by atoms with Crippen LogP contribution in [0.2, 0.25) is 0 Å². The lowest BCUT2D eigenvalue weighted by atomic mass is 10.1. The quantitative estimate of drug-likeness (QED) is 0.815. The molecule has 150 valence electrons. The second-order valence-electron chi connectivity index (χ2n) is 6.70. The molecule has 3 rings (SSSR count). The van der Waals surface area contributed by atoms with Crippen LogP contribution in [0.15, 0.2) is 18.2 Å². The summed E-state index contributed by atoms with van der Waals surface area (Å²) in [5.41, 5.74) is -0.501. The Hall–Kier alpha value is -3.04. The first-order valence-corrected chi connectivity index (χ1v) is 9.10. The Morgan fingerprint density at radius 3 is 2.43 bits per heavy atom. The van der Waals surface area contributed by atoms with E-state index in [1.165, 1.54) is 12.5 Å². The number of aromatic nitrogens is 3. The number of amides is 2. The van der Waals surface area contributed by atoms with Crippen LogP contribution in [0.4, 0.5) is 31.2 Å². The van der Waals surface area contributed by atoms with Gasteiger partial charge in [0.05, 0.1) is 6.54 Å². The maximum absolute atomic E-state index is 13.6. The molecular weight excluding hydrogens is 368 g/mol. The molecule has 2 aromatic rings. The third-order valence-corrected chi connectivity index (χ3v) is 4.31. The highest BCUT2D eigenvalue weighted by atomic mass is 19.1. The van der Waals surface area contributed by atoms with Crippen LogP contribution in [0.5, 0.6) is 0 Å². The van der Waals surface area contributed by atoms with E-state index in [1.54, 1.807) is 4.90 Å². The van der Waals surface area contributed by atoms with Crippen molar-refractivity contribution in [2.75, 3.05) is 42.3 Å². The summed E-state index contributed by atoms with van der Waals surface area (Å²) in [6.45, 7) is 1.74. The Balaban J connectivity index is 1.70. The van der Waals surface area contributed by atoms with E-state index in [1.807, 2.05) is 14.1 Å². The lowest BCUT2D eigenvalue weighted by Crippen LogP contribution is -2.33. The summed E-state index contributed by atoms with van der Waals surface area (Å²) in [4.78, 5) is 29.1. The molecule has 2 N–H and O–H groups in total. The number of carbonyl (C=O) groups excluding carboxylic acids is 1. The van der Waals surface area contributed by atoms with Crippen LogP contribution in [0.3, 0.4) is 0 Å². The topological polar surface area (TPSA) is 86.3 Å². The molecule has 8 nitrogen and oxygen atoms in total. The molecular formula is C18H23F2N7O. The van der Waals surface area contributed by atoms with Gasteiger partial charge in [-0.3, -0.25) is 0 Å². The number of halogens is 2. The van der Waals surface area contributed by atoms with Crippen LogP contribution in [-0.4, -0.2) is 48.2 Å². The van der Waals surface area contributed by atoms with Crippen LogP contribution in [-0.2, 0) is 6.54 Å². The highest BCUT2D eigenvalue weighted by molar-refractivity contribution is 5.89. The van der Waals surface area contributed by atoms with Crippen LogP contribution in [0.25, 0.3) is 0 Å². The molecule has 0 bridgehead atoms. The summed E-state index contributed by atoms with van der Waals surface area (Å²) >= 11 is 0. The zero-order valence-electron chi connectivity index (χ0n) is 15.9. The van der Waals surface area contributed by atoms with Gasteiger partial charge in [0.15, 0.2) is 5.82 Å². The first kappa shape index (κ1) is 19.7. The molecule has 2 amide bonds. The van der Waals surface area contributed by atoms with Crippen molar-refractivity contribution in [3.63, 3.8) is 0 Å². The molecule has 1 fully saturated rings. The summed E-state index contributed by atoms with van der Waals surface area (Å²) in [6.07, 6.45) is 3.34. The third-order valence-electron chi connectivity index (χ3n) is 4.31. The fourth-order valence-corrected chi connectivity index (χ4v) is 2.84. The van der Waals surface area contributed by atoms with Crippen LogP contribution in [0, 0.1) is 11.6 Å². The fraction of sp³-hybridized carbons (Fsp3) is 0.444. The Bertz CT molecular complexity index is 820. The predicted molar refractivity (Wildman–Crippen MR) is 102 cm³/mol. The lowest BCUT2D eigenvalue weighted by molar-refractivity contribution is 0.251. The molecule has 1 saturated heterocycles. The summed E-state index contributed by atoms with van der Waals surface area (Å²) in [5, 5.41) is 4.70. The molecule has 1 aromatic heterocycles. The number of para-hydroxylation sites is 1. The standard InChI is InChI=1S/C18H23F2N7O/c1-26(2)16-22-14(23-17(25-16)27-9-4-3-5-10-27)11-21-18(28)24-15-12(19)7-6-8-13(15)20/h6-8H,3-5,9-11H2,1-2H3,(H2,21,24,28). The highest BCUT2D eigenvalue weighted by Crippen LogP contribution is 2.19. The second kappa shape index (κ2) is 8.77. The average molecular weight is 391 g/mol. The molecule has 1 aliphatic heterocycles. The van der Waals surface area contributed by atoms with E-state index in [2.05, 4.69) is 30.5 Å². The highest BCUT2D eigenvalue weighted by Gasteiger charge is 2.18. The van der Waals surface area contributed by atoms with Crippen molar-refractivity contribution in [3.05, 3.63) is 35.7 Å². The Kier molecular flexibility index (Phi) is 6.17. The number of piperidine rings is 1. The van der Waals surface area contributed by atoms with Crippen LogP contribution < -0.4 is 20.4 Å². The number of anilines is 3. The molecule has 0 atom stereocenters. The molecule has 1 aliphatic rings. The number of benzene rings is 1. The van der Waals surface area contributed by atoms with Gasteiger partial charge in [0.1, 0.15) is 17.3 Å². The van der Waals surface area contributed by atoms with Gasteiger partial charge in [-0.25, -0.2) is 13.6 Å². The molecule has 1 aromatic carbocycles. The first-order valence-electron chi connectivity index (χ1n) is 9.10. The van der Waals surface area contributed by atoms with Crippen LogP contribution in [0.1, 0.15) is 25.1 Å². The van der Waals surface area contributed by atoms with Crippen molar-refractivity contribution >= 4 is 23.6 Å². The van der Waals surface area contributed by atoms with Gasteiger partial charge < -0.3 is 20.4 Å². The molecule has 0 saturated carbocycles. The van der Waals surface area contributed by atoms with Crippen molar-refractivity contribution in [2.45, 2.75) is 25.8 Å². The van der Waals surface area contributed by atoms with E-state index in [9.17, 15) is 13.6 Å². The summed E-state index contributed by atoms with van der Waals surface area (Å²) < 4.78 is 27.3. The Morgan fingerprint density at radius 2 is 1.79 bits per heavy atom. The number of nitrogens with zero attached hydrogens (tertiary/aromatic N) is 5. The smallest absolute Gasteiger partial charge is 0.319 e. The summed E-state index contributed by atoms with van der Waals surface area (Å²) in [5.74, 6) is -0.290. The van der Waals surface area contributed by atoms with Gasteiger partial charge >= 0.3 is 6.03 Å². The number of hydrogen-bond acceptors (Lipinski definition) is 6. The number of hydrogen-bond donors (Lipinski definition) is 2. The molecule has 0 unspecified atom stereocenters. The van der Waals surface area contributed by atoms with Crippen molar-refractivity contribution in [1.82, 2.24) is 20.3 Å². The molecule has 0 spiro atoms. The maximum atomic E-state index is 13.6. The van der Waals surface area contributed by atoms with Crippen molar-refractivity contribution < 1.29 is 13.6 Å². The SMILES string of the molecule is CN(C)c1nc(CNC(=O)Nc2c(F)cccc2F)nc(N2CCCCC2)n1. The molecule has 0 radical (unpaired) electrons. The van der Waals surface area contributed by atoms with E-state index in [4.69, 9.17) is 0 Å². The van der Waals surface area contributed by atoms with Crippen LogP contribution >= 0.6 is 0 Å². The first-order chi connectivity index (χ1) is 13.4. The largest absolute Gasteiger partial charge is 0.347 e. The monoisotopic (exact) mass is 391 g/mol. The van der Waals surface area contributed by atoms with E-state index in [0.29, 0.717) is 17.7 Å². The second-order valence-corrected chi connectivity index (χ2v) is 6.70. The van der Waals surface area contributed by atoms with E-state index >= 15 is 0 Å². The summed E-state index contributed by atoms with van der Waals surface area (Å²) in [7, 11) is 3.64. The summed E-state index contributed by atoms with van der Waals surface area (Å²) in [6, 6.07) is 2.61. The van der Waals surface area contributed by atoms with Gasteiger partial charge in [0, 0.05) is 27.2 Å².